The molecule has 9 nitrogen and oxygen atoms in total. The highest BCUT2D eigenvalue weighted by Crippen LogP contribution is 2.24. The summed E-state index contributed by atoms with van der Waals surface area (Å²) in [5.41, 5.74) is 6.45. The monoisotopic (exact) mass is 340 g/mol. The highest BCUT2D eigenvalue weighted by molar-refractivity contribution is 9.10. The number of hydrogen-bond acceptors (Lipinski definition) is 8. The van der Waals surface area contributed by atoms with E-state index in [4.69, 9.17) is 10.5 Å². The van der Waals surface area contributed by atoms with E-state index in [9.17, 15) is 0 Å². The second-order valence-electron chi connectivity index (χ2n) is 4.27. The van der Waals surface area contributed by atoms with Crippen LogP contribution in [0.15, 0.2) is 4.60 Å². The fraction of sp³-hybridized carbons (Fsp3) is 0.500. The molecule has 2 N–H and O–H groups in total. The maximum atomic E-state index is 5.79. The number of aromatic nitrogens is 6. The highest BCUT2D eigenvalue weighted by atomic mass is 79.9. The molecule has 20 heavy (non-hydrogen) atoms. The van der Waals surface area contributed by atoms with Crippen molar-refractivity contribution in [2.24, 2.45) is 7.05 Å². The quantitative estimate of drug-likeness (QED) is 0.803. The maximum Gasteiger partial charge on any atom is 0.230 e. The number of halogens is 1. The van der Waals surface area contributed by atoms with Gasteiger partial charge >= 0.3 is 0 Å². The average Bonchev–Trinajstić information content (AvgIpc) is 2.78. The SMILES string of the molecule is Cn1nnc(Br)c1-c1nc(N)nc(N2CCOCC2)n1. The summed E-state index contributed by atoms with van der Waals surface area (Å²) in [7, 11) is 1.77. The van der Waals surface area contributed by atoms with Gasteiger partial charge in [0, 0.05) is 20.1 Å². The third kappa shape index (κ3) is 2.43. The minimum absolute atomic E-state index is 0.171. The van der Waals surface area contributed by atoms with Crippen LogP contribution in [-0.2, 0) is 11.8 Å². The van der Waals surface area contributed by atoms with Gasteiger partial charge in [0.2, 0.25) is 11.9 Å². The average molecular weight is 341 g/mol. The van der Waals surface area contributed by atoms with Crippen LogP contribution in [0, 0.1) is 0 Å². The molecule has 0 bridgehead atoms. The zero-order chi connectivity index (χ0) is 14.1. The third-order valence-corrected chi connectivity index (χ3v) is 3.47. The first-order chi connectivity index (χ1) is 9.65. The van der Waals surface area contributed by atoms with Gasteiger partial charge < -0.3 is 15.4 Å². The van der Waals surface area contributed by atoms with Crippen LogP contribution in [0.4, 0.5) is 11.9 Å². The van der Waals surface area contributed by atoms with Crippen molar-refractivity contribution in [2.45, 2.75) is 0 Å². The lowest BCUT2D eigenvalue weighted by Crippen LogP contribution is -2.37. The first kappa shape index (κ1) is 13.2. The summed E-state index contributed by atoms with van der Waals surface area (Å²) in [6.07, 6.45) is 0. The van der Waals surface area contributed by atoms with Gasteiger partial charge in [0.05, 0.1) is 13.2 Å². The molecule has 1 saturated heterocycles. The molecule has 0 unspecified atom stereocenters. The van der Waals surface area contributed by atoms with Crippen LogP contribution in [0.2, 0.25) is 0 Å². The Balaban J connectivity index is 2.02. The molecule has 3 rings (SSSR count). The van der Waals surface area contributed by atoms with Crippen molar-refractivity contribution < 1.29 is 4.74 Å². The molecule has 1 aliphatic heterocycles. The fourth-order valence-electron chi connectivity index (χ4n) is 1.96. The molecule has 2 aromatic rings. The molecule has 10 heteroatoms. The Morgan fingerprint density at radius 3 is 2.60 bits per heavy atom. The highest BCUT2D eigenvalue weighted by Gasteiger charge is 2.19. The van der Waals surface area contributed by atoms with Crippen LogP contribution in [0.5, 0.6) is 0 Å². The predicted octanol–water partition coefficient (Wildman–Crippen LogP) is -0.152. The summed E-state index contributed by atoms with van der Waals surface area (Å²) in [6.45, 7) is 2.76. The van der Waals surface area contributed by atoms with Crippen molar-refractivity contribution in [3.05, 3.63) is 4.60 Å². The number of nitrogens with zero attached hydrogens (tertiary/aromatic N) is 7. The first-order valence-corrected chi connectivity index (χ1v) is 6.84. The Morgan fingerprint density at radius 2 is 1.95 bits per heavy atom. The van der Waals surface area contributed by atoms with Gasteiger partial charge in [-0.05, 0) is 15.9 Å². The van der Waals surface area contributed by atoms with E-state index in [0.29, 0.717) is 35.3 Å². The van der Waals surface area contributed by atoms with Crippen molar-refractivity contribution in [3.63, 3.8) is 0 Å². The molecular formula is C10H13BrN8O. The fourth-order valence-corrected chi connectivity index (χ4v) is 2.47. The van der Waals surface area contributed by atoms with E-state index < -0.39 is 0 Å². The molecule has 0 radical (unpaired) electrons. The molecule has 0 aliphatic carbocycles. The summed E-state index contributed by atoms with van der Waals surface area (Å²) in [5, 5.41) is 7.83. The lowest BCUT2D eigenvalue weighted by atomic mass is 10.4. The zero-order valence-corrected chi connectivity index (χ0v) is 12.4. The number of rotatable bonds is 2. The molecule has 3 heterocycles. The summed E-state index contributed by atoms with van der Waals surface area (Å²) in [4.78, 5) is 14.8. The van der Waals surface area contributed by atoms with Crippen molar-refractivity contribution >= 4 is 27.8 Å². The van der Waals surface area contributed by atoms with Crippen molar-refractivity contribution in [1.29, 1.82) is 0 Å². The standard InChI is InChI=1S/C10H13BrN8O/c1-18-6(7(11)16-17-18)8-13-9(12)15-10(14-8)19-2-4-20-5-3-19/h2-5H2,1H3,(H2,12,13,14,15). The normalized spacial score (nSPS) is 15.6. The minimum atomic E-state index is 0.171. The van der Waals surface area contributed by atoms with E-state index in [-0.39, 0.29) is 5.95 Å². The molecule has 1 aliphatic rings. The second kappa shape index (κ2) is 5.29. The van der Waals surface area contributed by atoms with E-state index in [1.165, 1.54) is 0 Å². The number of aryl methyl sites for hydroxylation is 1. The lowest BCUT2D eigenvalue weighted by molar-refractivity contribution is 0.122. The number of ether oxygens (including phenoxy) is 1. The summed E-state index contributed by atoms with van der Waals surface area (Å²) in [5.74, 6) is 1.16. The van der Waals surface area contributed by atoms with Crippen LogP contribution < -0.4 is 10.6 Å². The van der Waals surface area contributed by atoms with Crippen LogP contribution in [-0.4, -0.2) is 56.2 Å². The molecule has 0 saturated carbocycles. The van der Waals surface area contributed by atoms with Crippen molar-refractivity contribution in [2.75, 3.05) is 36.9 Å². The molecule has 2 aromatic heterocycles. The van der Waals surface area contributed by atoms with E-state index >= 15 is 0 Å². The Morgan fingerprint density at radius 1 is 1.20 bits per heavy atom. The molecule has 0 amide bonds. The molecule has 1 fully saturated rings. The molecule has 0 spiro atoms. The van der Waals surface area contributed by atoms with E-state index in [2.05, 4.69) is 41.2 Å². The van der Waals surface area contributed by atoms with Gasteiger partial charge in [-0.2, -0.15) is 15.0 Å². The van der Waals surface area contributed by atoms with Gasteiger partial charge in [0.15, 0.2) is 10.4 Å². The number of hydrogen-bond donors (Lipinski definition) is 1. The van der Waals surface area contributed by atoms with E-state index in [1.807, 2.05) is 4.90 Å². The lowest BCUT2D eigenvalue weighted by Gasteiger charge is -2.26. The Hall–Kier alpha value is -1.81. The maximum absolute atomic E-state index is 5.79. The van der Waals surface area contributed by atoms with Crippen LogP contribution >= 0.6 is 15.9 Å². The number of anilines is 2. The molecule has 106 valence electrons. The Labute approximate surface area is 123 Å². The summed E-state index contributed by atoms with van der Waals surface area (Å²) >= 11 is 3.33. The Bertz CT molecular complexity index is 604. The van der Waals surface area contributed by atoms with Crippen LogP contribution in [0.25, 0.3) is 11.5 Å². The topological polar surface area (TPSA) is 108 Å². The van der Waals surface area contributed by atoms with Gasteiger partial charge in [0.1, 0.15) is 5.69 Å². The summed E-state index contributed by atoms with van der Waals surface area (Å²) in [6, 6.07) is 0. The van der Waals surface area contributed by atoms with Gasteiger partial charge in [0.25, 0.3) is 0 Å². The number of nitrogen functional groups attached to an aromatic ring is 1. The minimum Gasteiger partial charge on any atom is -0.378 e. The Kier molecular flexibility index (Phi) is 3.49. The van der Waals surface area contributed by atoms with Gasteiger partial charge in [-0.3, -0.25) is 0 Å². The first-order valence-electron chi connectivity index (χ1n) is 6.05. The largest absolute Gasteiger partial charge is 0.378 e. The van der Waals surface area contributed by atoms with Crippen LogP contribution in [0.1, 0.15) is 0 Å². The second-order valence-corrected chi connectivity index (χ2v) is 5.02. The number of morpholine rings is 1. The molecule has 0 aromatic carbocycles. The molecular weight excluding hydrogens is 328 g/mol. The van der Waals surface area contributed by atoms with E-state index in [0.717, 1.165) is 13.1 Å². The third-order valence-electron chi connectivity index (χ3n) is 2.93. The zero-order valence-electron chi connectivity index (χ0n) is 10.8. The van der Waals surface area contributed by atoms with Crippen LogP contribution in [0.3, 0.4) is 0 Å². The van der Waals surface area contributed by atoms with Crippen molar-refractivity contribution in [3.8, 4) is 11.5 Å². The van der Waals surface area contributed by atoms with Gasteiger partial charge in [-0.15, -0.1) is 5.10 Å². The van der Waals surface area contributed by atoms with Gasteiger partial charge in [-0.25, -0.2) is 4.68 Å². The predicted molar refractivity (Wildman–Crippen MR) is 75.0 cm³/mol. The molecule has 0 atom stereocenters. The smallest absolute Gasteiger partial charge is 0.230 e. The summed E-state index contributed by atoms with van der Waals surface area (Å²) < 4.78 is 7.47. The number of nitrogens with two attached hydrogens (primary N) is 1. The van der Waals surface area contributed by atoms with E-state index in [1.54, 1.807) is 11.7 Å². The van der Waals surface area contributed by atoms with Gasteiger partial charge in [-0.1, -0.05) is 5.21 Å². The van der Waals surface area contributed by atoms with Crippen molar-refractivity contribution in [1.82, 2.24) is 29.9 Å².